The number of ether oxygens (including phenoxy) is 1. The molecule has 1 N–H and O–H groups in total. The zero-order valence-corrected chi connectivity index (χ0v) is 16.0. The molecular weight excluding hydrogens is 358 g/mol. The van der Waals surface area contributed by atoms with Gasteiger partial charge < -0.3 is 19.2 Å². The highest BCUT2D eigenvalue weighted by Gasteiger charge is 2.48. The van der Waals surface area contributed by atoms with Gasteiger partial charge in [0.15, 0.2) is 0 Å². The Hall–Kier alpha value is -2.86. The van der Waals surface area contributed by atoms with Gasteiger partial charge in [0.05, 0.1) is 11.7 Å². The number of carbonyl (C=O) groups is 2. The maximum Gasteiger partial charge on any atom is 0.295 e. The van der Waals surface area contributed by atoms with Gasteiger partial charge in [0.1, 0.15) is 23.3 Å². The van der Waals surface area contributed by atoms with Crippen LogP contribution >= 0.6 is 0 Å². The quantitative estimate of drug-likeness (QED) is 0.498. The second-order valence-corrected chi connectivity index (χ2v) is 7.40. The number of furan rings is 1. The molecule has 0 spiro atoms. The number of hydrogen-bond acceptors (Lipinski definition) is 5. The first-order valence-corrected chi connectivity index (χ1v) is 9.49. The largest absolute Gasteiger partial charge is 0.507 e. The lowest BCUT2D eigenvalue weighted by Crippen LogP contribution is -2.36. The Morgan fingerprint density at radius 3 is 2.50 bits per heavy atom. The van der Waals surface area contributed by atoms with Crippen molar-refractivity contribution in [3.63, 3.8) is 0 Å². The van der Waals surface area contributed by atoms with Crippen LogP contribution in [0.1, 0.15) is 41.5 Å². The number of aliphatic hydroxyl groups excluding tert-OH is 1. The van der Waals surface area contributed by atoms with Crippen LogP contribution in [0, 0.1) is 13.8 Å². The van der Waals surface area contributed by atoms with Gasteiger partial charge in [0, 0.05) is 18.7 Å². The third-order valence-electron chi connectivity index (χ3n) is 5.32. The maximum atomic E-state index is 12.9. The summed E-state index contributed by atoms with van der Waals surface area (Å²) in [5.41, 5.74) is 1.59. The summed E-state index contributed by atoms with van der Waals surface area (Å²) < 4.78 is 11.4. The molecule has 1 amide bonds. The summed E-state index contributed by atoms with van der Waals surface area (Å²) in [6.45, 7) is 4.69. The molecule has 0 saturated carbocycles. The minimum absolute atomic E-state index is 0.0567. The zero-order chi connectivity index (χ0) is 19.8. The van der Waals surface area contributed by atoms with E-state index in [2.05, 4.69) is 0 Å². The fourth-order valence-electron chi connectivity index (χ4n) is 3.84. The van der Waals surface area contributed by atoms with Crippen LogP contribution in [0.15, 0.2) is 46.4 Å². The van der Waals surface area contributed by atoms with E-state index in [1.807, 2.05) is 19.1 Å². The Morgan fingerprint density at radius 2 is 1.89 bits per heavy atom. The van der Waals surface area contributed by atoms with Crippen molar-refractivity contribution >= 4 is 17.4 Å². The van der Waals surface area contributed by atoms with Gasteiger partial charge in [0.2, 0.25) is 0 Å². The number of aryl methyl sites for hydroxylation is 2. The Kier molecular flexibility index (Phi) is 4.81. The summed E-state index contributed by atoms with van der Waals surface area (Å²) in [4.78, 5) is 27.2. The molecule has 0 radical (unpaired) electrons. The van der Waals surface area contributed by atoms with E-state index in [9.17, 15) is 14.7 Å². The normalized spacial score (nSPS) is 24.3. The SMILES string of the molecule is Cc1ccc(/C(O)=C2\C(=O)C(=O)N(CC3CCCO3)C2c2ccc(C)o2)cc1. The molecular formula is C22H23NO5. The fraction of sp³-hybridized carbons (Fsp3) is 0.364. The van der Waals surface area contributed by atoms with Gasteiger partial charge >= 0.3 is 0 Å². The van der Waals surface area contributed by atoms with Gasteiger partial charge in [0.25, 0.3) is 11.7 Å². The number of rotatable bonds is 4. The highest BCUT2D eigenvalue weighted by molar-refractivity contribution is 6.46. The second-order valence-electron chi connectivity index (χ2n) is 7.40. The Bertz CT molecular complexity index is 934. The van der Waals surface area contributed by atoms with Crippen LogP contribution in [0.2, 0.25) is 0 Å². The smallest absolute Gasteiger partial charge is 0.295 e. The van der Waals surface area contributed by atoms with Crippen LogP contribution in [-0.4, -0.2) is 41.0 Å². The van der Waals surface area contributed by atoms with Crippen molar-refractivity contribution in [1.82, 2.24) is 4.90 Å². The third-order valence-corrected chi connectivity index (χ3v) is 5.32. The summed E-state index contributed by atoms with van der Waals surface area (Å²) in [5.74, 6) is -0.387. The summed E-state index contributed by atoms with van der Waals surface area (Å²) in [7, 11) is 0. The molecule has 2 aromatic rings. The van der Waals surface area contributed by atoms with E-state index < -0.39 is 17.7 Å². The summed E-state index contributed by atoms with van der Waals surface area (Å²) in [6.07, 6.45) is 1.66. The number of hydrogen-bond donors (Lipinski definition) is 1. The first kappa shape index (κ1) is 18.5. The lowest BCUT2D eigenvalue weighted by molar-refractivity contribution is -0.141. The second kappa shape index (κ2) is 7.28. The van der Waals surface area contributed by atoms with E-state index in [4.69, 9.17) is 9.15 Å². The number of Topliss-reactive ketones (excluding diaryl/α,β-unsaturated/α-hetero) is 1. The number of aliphatic hydroxyl groups is 1. The minimum Gasteiger partial charge on any atom is -0.507 e. The monoisotopic (exact) mass is 381 g/mol. The van der Waals surface area contributed by atoms with Gasteiger partial charge in [-0.2, -0.15) is 0 Å². The molecule has 2 aliphatic heterocycles. The lowest BCUT2D eigenvalue weighted by Gasteiger charge is -2.25. The van der Waals surface area contributed by atoms with E-state index in [-0.39, 0.29) is 17.4 Å². The van der Waals surface area contributed by atoms with E-state index >= 15 is 0 Å². The summed E-state index contributed by atoms with van der Waals surface area (Å²) >= 11 is 0. The number of amides is 1. The van der Waals surface area contributed by atoms with E-state index in [1.54, 1.807) is 31.2 Å². The van der Waals surface area contributed by atoms with Crippen LogP contribution in [0.3, 0.4) is 0 Å². The Labute approximate surface area is 163 Å². The number of carbonyl (C=O) groups excluding carboxylic acids is 2. The first-order valence-electron chi connectivity index (χ1n) is 9.49. The van der Waals surface area contributed by atoms with Crippen molar-refractivity contribution in [2.45, 2.75) is 38.8 Å². The molecule has 0 aliphatic carbocycles. The Morgan fingerprint density at radius 1 is 1.14 bits per heavy atom. The molecule has 0 bridgehead atoms. The molecule has 2 unspecified atom stereocenters. The van der Waals surface area contributed by atoms with E-state index in [1.165, 1.54) is 4.90 Å². The van der Waals surface area contributed by atoms with Crippen LogP contribution in [0.25, 0.3) is 5.76 Å². The summed E-state index contributed by atoms with van der Waals surface area (Å²) in [5, 5.41) is 10.9. The molecule has 1 aromatic carbocycles. The molecule has 6 heteroatoms. The van der Waals surface area contributed by atoms with Crippen LogP contribution < -0.4 is 0 Å². The van der Waals surface area contributed by atoms with Crippen molar-refractivity contribution in [1.29, 1.82) is 0 Å². The van der Waals surface area contributed by atoms with Crippen molar-refractivity contribution in [3.05, 3.63) is 64.6 Å². The molecule has 1 aromatic heterocycles. The van der Waals surface area contributed by atoms with Gasteiger partial charge in [-0.15, -0.1) is 0 Å². The predicted octanol–water partition coefficient (Wildman–Crippen LogP) is 3.50. The maximum absolute atomic E-state index is 12.9. The highest BCUT2D eigenvalue weighted by Crippen LogP contribution is 2.40. The standard InChI is InChI=1S/C22H23NO5/c1-13-5-8-15(9-6-13)20(24)18-19(17-10-7-14(2)28-17)23(22(26)21(18)25)12-16-4-3-11-27-16/h5-10,16,19,24H,3-4,11-12H2,1-2H3/b20-18+. The minimum atomic E-state index is -0.765. The van der Waals surface area contributed by atoms with Gasteiger partial charge in [-0.3, -0.25) is 9.59 Å². The highest BCUT2D eigenvalue weighted by atomic mass is 16.5. The molecule has 28 heavy (non-hydrogen) atoms. The predicted molar refractivity (Wildman–Crippen MR) is 103 cm³/mol. The summed E-state index contributed by atoms with van der Waals surface area (Å²) in [6, 6.07) is 9.95. The molecule has 146 valence electrons. The molecule has 4 rings (SSSR count). The zero-order valence-electron chi connectivity index (χ0n) is 16.0. The van der Waals surface area contributed by atoms with Crippen molar-refractivity contribution in [3.8, 4) is 0 Å². The van der Waals surface area contributed by atoms with E-state index in [0.29, 0.717) is 30.2 Å². The van der Waals surface area contributed by atoms with Crippen molar-refractivity contribution < 1.29 is 23.8 Å². The molecule has 3 heterocycles. The van der Waals surface area contributed by atoms with Crippen molar-refractivity contribution in [2.75, 3.05) is 13.2 Å². The van der Waals surface area contributed by atoms with Gasteiger partial charge in [-0.25, -0.2) is 0 Å². The lowest BCUT2D eigenvalue weighted by atomic mass is 9.98. The molecule has 2 fully saturated rings. The van der Waals surface area contributed by atoms with Crippen LogP contribution in [0.4, 0.5) is 0 Å². The average molecular weight is 381 g/mol. The molecule has 2 atom stereocenters. The number of likely N-dealkylation sites (tertiary alicyclic amines) is 1. The van der Waals surface area contributed by atoms with Gasteiger partial charge in [-0.1, -0.05) is 29.8 Å². The average Bonchev–Trinajstić information content (AvgIpc) is 3.39. The molecule has 2 aliphatic rings. The molecule has 6 nitrogen and oxygen atoms in total. The Balaban J connectivity index is 1.80. The topological polar surface area (TPSA) is 80.0 Å². The van der Waals surface area contributed by atoms with Crippen molar-refractivity contribution in [2.24, 2.45) is 0 Å². The van der Waals surface area contributed by atoms with Crippen LogP contribution in [0.5, 0.6) is 0 Å². The first-order chi connectivity index (χ1) is 13.5. The number of nitrogens with zero attached hydrogens (tertiary/aromatic N) is 1. The molecule has 2 saturated heterocycles. The van der Waals surface area contributed by atoms with Crippen LogP contribution in [-0.2, 0) is 14.3 Å². The van der Waals surface area contributed by atoms with E-state index in [0.717, 1.165) is 18.4 Å². The fourth-order valence-corrected chi connectivity index (χ4v) is 3.84. The third kappa shape index (κ3) is 3.24. The number of ketones is 1. The number of benzene rings is 1. The van der Waals surface area contributed by atoms with Gasteiger partial charge in [-0.05, 0) is 38.8 Å².